The van der Waals surface area contributed by atoms with Crippen LogP contribution in [0, 0.1) is 0 Å². The minimum Gasteiger partial charge on any atom is -0.313 e. The van der Waals surface area contributed by atoms with Crippen molar-refractivity contribution in [1.29, 1.82) is 0 Å². The molecule has 4 heteroatoms. The molecule has 0 aromatic carbocycles. The van der Waals surface area contributed by atoms with Crippen LogP contribution in [0.25, 0.3) is 0 Å². The van der Waals surface area contributed by atoms with Gasteiger partial charge in [0.1, 0.15) is 5.01 Å². The van der Waals surface area contributed by atoms with E-state index in [1.165, 1.54) is 43.9 Å². The van der Waals surface area contributed by atoms with E-state index in [0.29, 0.717) is 6.04 Å². The molecule has 1 saturated heterocycles. The van der Waals surface area contributed by atoms with Crippen LogP contribution >= 0.6 is 11.3 Å². The third-order valence-electron chi connectivity index (χ3n) is 3.02. The highest BCUT2D eigenvalue weighted by Gasteiger charge is 2.17. The van der Waals surface area contributed by atoms with Gasteiger partial charge >= 0.3 is 0 Å². The predicted molar refractivity (Wildman–Crippen MR) is 68.7 cm³/mol. The van der Waals surface area contributed by atoms with Crippen LogP contribution in [-0.4, -0.2) is 35.6 Å². The number of hydrogen-bond donors (Lipinski definition) is 1. The first kappa shape index (κ1) is 12.0. The van der Waals surface area contributed by atoms with Gasteiger partial charge in [-0.1, -0.05) is 6.92 Å². The maximum Gasteiger partial charge on any atom is 0.107 e. The number of nitrogens with zero attached hydrogens (tertiary/aromatic N) is 2. The molecule has 1 aromatic heterocycles. The Bertz CT molecular complexity index is 280. The van der Waals surface area contributed by atoms with E-state index in [0.717, 1.165) is 6.54 Å². The van der Waals surface area contributed by atoms with Crippen molar-refractivity contribution in [2.75, 3.05) is 19.6 Å². The molecule has 1 N–H and O–H groups in total. The van der Waals surface area contributed by atoms with Gasteiger partial charge in [0.2, 0.25) is 0 Å². The van der Waals surface area contributed by atoms with Crippen molar-refractivity contribution in [2.45, 2.75) is 38.8 Å². The van der Waals surface area contributed by atoms with Gasteiger partial charge in [0, 0.05) is 24.2 Å². The molecule has 0 saturated carbocycles. The molecule has 16 heavy (non-hydrogen) atoms. The Morgan fingerprint density at radius 1 is 1.62 bits per heavy atom. The second-order valence-electron chi connectivity index (χ2n) is 4.45. The van der Waals surface area contributed by atoms with Gasteiger partial charge in [-0.05, 0) is 32.4 Å². The van der Waals surface area contributed by atoms with E-state index in [-0.39, 0.29) is 0 Å². The van der Waals surface area contributed by atoms with E-state index >= 15 is 0 Å². The molecule has 1 aliphatic heterocycles. The van der Waals surface area contributed by atoms with Gasteiger partial charge in [-0.3, -0.25) is 4.90 Å². The van der Waals surface area contributed by atoms with E-state index in [1.54, 1.807) is 11.3 Å². The van der Waals surface area contributed by atoms with Crippen molar-refractivity contribution < 1.29 is 0 Å². The fourth-order valence-corrected chi connectivity index (χ4v) is 2.96. The Morgan fingerprint density at radius 2 is 2.56 bits per heavy atom. The second kappa shape index (κ2) is 6.33. The third-order valence-corrected chi connectivity index (χ3v) is 3.79. The Labute approximate surface area is 102 Å². The lowest BCUT2D eigenvalue weighted by Crippen LogP contribution is -2.37. The first-order chi connectivity index (χ1) is 7.88. The van der Waals surface area contributed by atoms with Crippen molar-refractivity contribution in [1.82, 2.24) is 15.2 Å². The first-order valence-corrected chi connectivity index (χ1v) is 7.10. The highest BCUT2D eigenvalue weighted by atomic mass is 32.1. The molecule has 0 bridgehead atoms. The largest absolute Gasteiger partial charge is 0.313 e. The molecule has 2 heterocycles. The zero-order valence-corrected chi connectivity index (χ0v) is 10.8. The van der Waals surface area contributed by atoms with Gasteiger partial charge < -0.3 is 5.32 Å². The van der Waals surface area contributed by atoms with E-state index < -0.39 is 0 Å². The summed E-state index contributed by atoms with van der Waals surface area (Å²) in [4.78, 5) is 6.90. The maximum atomic E-state index is 4.37. The van der Waals surface area contributed by atoms with E-state index in [9.17, 15) is 0 Å². The molecule has 3 nitrogen and oxygen atoms in total. The molecule has 0 radical (unpaired) electrons. The topological polar surface area (TPSA) is 28.2 Å². The Morgan fingerprint density at radius 3 is 3.19 bits per heavy atom. The molecular weight excluding hydrogens is 218 g/mol. The standard InChI is InChI=1S/C12H21N3S/c1-2-7-15(9-11-4-3-5-13-11)10-12-14-6-8-16-12/h6,8,11,13H,2-5,7,9-10H2,1H3. The maximum absolute atomic E-state index is 4.37. The van der Waals surface area contributed by atoms with Gasteiger partial charge in [-0.15, -0.1) is 11.3 Å². The van der Waals surface area contributed by atoms with Crippen LogP contribution in [0.3, 0.4) is 0 Å². The van der Waals surface area contributed by atoms with Crippen LogP contribution in [0.15, 0.2) is 11.6 Å². The average Bonchev–Trinajstić information content (AvgIpc) is 2.91. The molecule has 0 aliphatic carbocycles. The first-order valence-electron chi connectivity index (χ1n) is 6.22. The van der Waals surface area contributed by atoms with Gasteiger partial charge in [-0.25, -0.2) is 4.98 Å². The monoisotopic (exact) mass is 239 g/mol. The van der Waals surface area contributed by atoms with E-state index in [1.807, 2.05) is 6.20 Å². The fraction of sp³-hybridized carbons (Fsp3) is 0.750. The van der Waals surface area contributed by atoms with Crippen molar-refractivity contribution >= 4 is 11.3 Å². The molecule has 1 atom stereocenters. The second-order valence-corrected chi connectivity index (χ2v) is 5.43. The van der Waals surface area contributed by atoms with Gasteiger partial charge in [0.15, 0.2) is 0 Å². The minimum atomic E-state index is 0.700. The SMILES string of the molecule is CCCN(Cc1nccs1)CC1CCCN1. The van der Waals surface area contributed by atoms with Gasteiger partial charge in [-0.2, -0.15) is 0 Å². The summed E-state index contributed by atoms with van der Waals surface area (Å²) in [6.07, 6.45) is 5.79. The third kappa shape index (κ3) is 3.54. The Kier molecular flexibility index (Phi) is 4.75. The lowest BCUT2D eigenvalue weighted by molar-refractivity contribution is 0.241. The van der Waals surface area contributed by atoms with E-state index in [4.69, 9.17) is 0 Å². The van der Waals surface area contributed by atoms with Crippen molar-refractivity contribution in [3.05, 3.63) is 16.6 Å². The molecule has 90 valence electrons. The van der Waals surface area contributed by atoms with Crippen LogP contribution in [0.4, 0.5) is 0 Å². The molecule has 1 unspecified atom stereocenters. The Hall–Kier alpha value is -0.450. The summed E-state index contributed by atoms with van der Waals surface area (Å²) in [6, 6.07) is 0.700. The lowest BCUT2D eigenvalue weighted by Gasteiger charge is -2.24. The van der Waals surface area contributed by atoms with Crippen LogP contribution in [0.1, 0.15) is 31.2 Å². The summed E-state index contributed by atoms with van der Waals surface area (Å²) in [5.74, 6) is 0. The Balaban J connectivity index is 1.83. The summed E-state index contributed by atoms with van der Waals surface area (Å²) < 4.78 is 0. The fourth-order valence-electron chi connectivity index (χ4n) is 2.30. The highest BCUT2D eigenvalue weighted by molar-refractivity contribution is 7.09. The van der Waals surface area contributed by atoms with Gasteiger partial charge in [0.05, 0.1) is 6.54 Å². The molecule has 1 aromatic rings. The quantitative estimate of drug-likeness (QED) is 0.824. The number of thiazole rings is 1. The predicted octanol–water partition coefficient (Wildman–Crippen LogP) is 2.11. The minimum absolute atomic E-state index is 0.700. The normalized spacial score (nSPS) is 20.8. The molecule has 0 amide bonds. The van der Waals surface area contributed by atoms with Crippen LogP contribution in [-0.2, 0) is 6.54 Å². The van der Waals surface area contributed by atoms with Crippen molar-refractivity contribution in [3.8, 4) is 0 Å². The highest BCUT2D eigenvalue weighted by Crippen LogP contribution is 2.12. The number of hydrogen-bond acceptors (Lipinski definition) is 4. The summed E-state index contributed by atoms with van der Waals surface area (Å²) >= 11 is 1.76. The van der Waals surface area contributed by atoms with Crippen molar-refractivity contribution in [2.24, 2.45) is 0 Å². The summed E-state index contributed by atoms with van der Waals surface area (Å²) in [6.45, 7) is 6.81. The van der Waals surface area contributed by atoms with E-state index in [2.05, 4.69) is 27.5 Å². The van der Waals surface area contributed by atoms with Gasteiger partial charge in [0.25, 0.3) is 0 Å². The number of nitrogens with one attached hydrogen (secondary N) is 1. The smallest absolute Gasteiger partial charge is 0.107 e. The van der Waals surface area contributed by atoms with Crippen LogP contribution in [0.5, 0.6) is 0 Å². The number of aromatic nitrogens is 1. The van der Waals surface area contributed by atoms with Crippen molar-refractivity contribution in [3.63, 3.8) is 0 Å². The molecule has 2 rings (SSSR count). The average molecular weight is 239 g/mol. The molecule has 1 aliphatic rings. The van der Waals surface area contributed by atoms with Crippen LogP contribution in [0.2, 0.25) is 0 Å². The zero-order valence-electron chi connectivity index (χ0n) is 9.98. The van der Waals surface area contributed by atoms with Crippen LogP contribution < -0.4 is 5.32 Å². The number of rotatable bonds is 6. The zero-order chi connectivity index (χ0) is 11.2. The summed E-state index contributed by atoms with van der Waals surface area (Å²) in [5, 5.41) is 6.87. The summed E-state index contributed by atoms with van der Waals surface area (Å²) in [5.41, 5.74) is 0. The summed E-state index contributed by atoms with van der Waals surface area (Å²) in [7, 11) is 0. The molecule has 1 fully saturated rings. The molecule has 0 spiro atoms. The molecular formula is C12H21N3S. The lowest BCUT2D eigenvalue weighted by atomic mass is 10.2.